The first-order valence-electron chi connectivity index (χ1n) is 4.76. The van der Waals surface area contributed by atoms with Crippen LogP contribution >= 0.6 is 27.7 Å². The molecule has 1 aromatic heterocycles. The Labute approximate surface area is 109 Å². The van der Waals surface area contributed by atoms with E-state index in [0.29, 0.717) is 15.4 Å². The number of nitrogens with zero attached hydrogens (tertiary/aromatic N) is 2. The van der Waals surface area contributed by atoms with Gasteiger partial charge in [-0.05, 0) is 33.6 Å². The van der Waals surface area contributed by atoms with E-state index < -0.39 is 0 Å². The molecule has 0 saturated carbocycles. The molecule has 0 saturated heterocycles. The molecule has 1 heterocycles. The summed E-state index contributed by atoms with van der Waals surface area (Å²) in [5.41, 5.74) is 0.714. The highest BCUT2D eigenvalue weighted by Gasteiger charge is 2.06. The molecule has 2 aromatic rings. The van der Waals surface area contributed by atoms with Gasteiger partial charge in [-0.2, -0.15) is 0 Å². The maximum atomic E-state index is 13.0. The minimum atomic E-state index is -0.286. The van der Waals surface area contributed by atoms with Crippen LogP contribution in [-0.4, -0.2) is 14.8 Å². The zero-order valence-corrected chi connectivity index (χ0v) is 11.3. The van der Waals surface area contributed by atoms with Gasteiger partial charge >= 0.3 is 5.69 Å². The Hall–Kier alpha value is -1.08. The Kier molecular flexibility index (Phi) is 3.68. The summed E-state index contributed by atoms with van der Waals surface area (Å²) in [5.74, 6) is 0.336. The number of halogens is 2. The lowest BCUT2D eigenvalue weighted by atomic mass is 10.2. The average molecular weight is 318 g/mol. The molecule has 0 atom stereocenters. The summed E-state index contributed by atoms with van der Waals surface area (Å²) in [6.45, 7) is 0. The van der Waals surface area contributed by atoms with Crippen LogP contribution in [0.25, 0.3) is 0 Å². The van der Waals surface area contributed by atoms with Gasteiger partial charge in [-0.25, -0.2) is 14.3 Å². The first kappa shape index (κ1) is 12.4. The van der Waals surface area contributed by atoms with Crippen LogP contribution in [0.5, 0.6) is 0 Å². The van der Waals surface area contributed by atoms with E-state index in [9.17, 15) is 9.18 Å². The fourth-order valence-corrected chi connectivity index (χ4v) is 2.53. The van der Waals surface area contributed by atoms with Crippen molar-refractivity contribution >= 4 is 27.7 Å². The highest BCUT2D eigenvalue weighted by atomic mass is 79.9. The molecule has 90 valence electrons. The van der Waals surface area contributed by atoms with Crippen molar-refractivity contribution in [3.63, 3.8) is 0 Å². The normalized spacial score (nSPS) is 10.8. The lowest BCUT2D eigenvalue weighted by Crippen LogP contribution is -2.12. The van der Waals surface area contributed by atoms with Crippen LogP contribution in [0.4, 0.5) is 4.39 Å². The van der Waals surface area contributed by atoms with Crippen LogP contribution in [-0.2, 0) is 12.8 Å². The molecule has 0 spiro atoms. The lowest BCUT2D eigenvalue weighted by Gasteiger charge is -2.02. The molecule has 4 nitrogen and oxygen atoms in total. The minimum absolute atomic E-state index is 0.243. The first-order valence-corrected chi connectivity index (χ1v) is 6.54. The van der Waals surface area contributed by atoms with Gasteiger partial charge in [0.05, 0.1) is 4.47 Å². The second kappa shape index (κ2) is 5.05. The van der Waals surface area contributed by atoms with Crippen molar-refractivity contribution in [1.82, 2.24) is 14.8 Å². The summed E-state index contributed by atoms with van der Waals surface area (Å²) in [7, 11) is 1.65. The molecule has 0 aliphatic rings. The third-order valence-electron chi connectivity index (χ3n) is 2.19. The van der Waals surface area contributed by atoms with E-state index in [2.05, 4.69) is 26.1 Å². The van der Waals surface area contributed by atoms with Crippen LogP contribution in [0, 0.1) is 5.82 Å². The van der Waals surface area contributed by atoms with Crippen LogP contribution in [0.15, 0.2) is 32.6 Å². The highest BCUT2D eigenvalue weighted by Crippen LogP contribution is 2.23. The van der Waals surface area contributed by atoms with Crippen molar-refractivity contribution in [2.75, 3.05) is 0 Å². The van der Waals surface area contributed by atoms with Crippen molar-refractivity contribution in [3.05, 3.63) is 44.5 Å². The van der Waals surface area contributed by atoms with E-state index in [1.165, 1.54) is 22.4 Å². The molecule has 0 amide bonds. The van der Waals surface area contributed by atoms with E-state index in [1.54, 1.807) is 19.2 Å². The number of H-pyrrole nitrogens is 1. The zero-order valence-electron chi connectivity index (χ0n) is 8.91. The first-order chi connectivity index (χ1) is 8.08. The number of hydrogen-bond donors (Lipinski definition) is 1. The largest absolute Gasteiger partial charge is 0.343 e. The summed E-state index contributed by atoms with van der Waals surface area (Å²) in [5, 5.41) is 6.84. The van der Waals surface area contributed by atoms with E-state index in [0.717, 1.165) is 5.56 Å². The second-order valence-electron chi connectivity index (χ2n) is 3.41. The molecule has 17 heavy (non-hydrogen) atoms. The van der Waals surface area contributed by atoms with Crippen molar-refractivity contribution in [2.45, 2.75) is 10.9 Å². The second-order valence-corrected chi connectivity index (χ2v) is 5.20. The molecule has 1 aromatic carbocycles. The van der Waals surface area contributed by atoms with Crippen LogP contribution in [0.2, 0.25) is 0 Å². The van der Waals surface area contributed by atoms with Gasteiger partial charge in [0.25, 0.3) is 0 Å². The molecule has 7 heteroatoms. The Morgan fingerprint density at radius 2 is 2.35 bits per heavy atom. The van der Waals surface area contributed by atoms with Gasteiger partial charge in [-0.15, -0.1) is 5.10 Å². The SMILES string of the molecule is Cn1c(SCc2ccc(F)c(Br)c2)n[nH]c1=O. The maximum absolute atomic E-state index is 13.0. The van der Waals surface area contributed by atoms with Crippen molar-refractivity contribution in [3.8, 4) is 0 Å². The van der Waals surface area contributed by atoms with Crippen LogP contribution in [0.1, 0.15) is 5.56 Å². The molecule has 2 rings (SSSR count). The topological polar surface area (TPSA) is 50.7 Å². The monoisotopic (exact) mass is 317 g/mol. The summed E-state index contributed by atoms with van der Waals surface area (Å²) < 4.78 is 14.9. The van der Waals surface area contributed by atoms with E-state index >= 15 is 0 Å². The van der Waals surface area contributed by atoms with Crippen molar-refractivity contribution in [2.24, 2.45) is 7.05 Å². The standard InChI is InChI=1S/C10H9BrFN3OS/c1-15-9(16)13-14-10(15)17-5-6-2-3-8(12)7(11)4-6/h2-4H,5H2,1H3,(H,13,16). The maximum Gasteiger partial charge on any atom is 0.343 e. The fourth-order valence-electron chi connectivity index (χ4n) is 1.24. The molecular weight excluding hydrogens is 309 g/mol. The van der Waals surface area contributed by atoms with E-state index in [1.807, 2.05) is 0 Å². The van der Waals surface area contributed by atoms with Gasteiger partial charge in [-0.3, -0.25) is 4.57 Å². The van der Waals surface area contributed by atoms with E-state index in [-0.39, 0.29) is 11.5 Å². The van der Waals surface area contributed by atoms with Crippen molar-refractivity contribution < 1.29 is 4.39 Å². The smallest absolute Gasteiger partial charge is 0.273 e. The summed E-state index contributed by atoms with van der Waals surface area (Å²) in [4.78, 5) is 11.1. The number of benzene rings is 1. The quantitative estimate of drug-likeness (QED) is 0.884. The number of rotatable bonds is 3. The minimum Gasteiger partial charge on any atom is -0.273 e. The van der Waals surface area contributed by atoms with Crippen LogP contribution in [0.3, 0.4) is 0 Å². The number of hydrogen-bond acceptors (Lipinski definition) is 3. The summed E-state index contributed by atoms with van der Waals surface area (Å²) in [6.07, 6.45) is 0. The van der Waals surface area contributed by atoms with Crippen LogP contribution < -0.4 is 5.69 Å². The number of aromatic nitrogens is 3. The molecule has 0 aliphatic carbocycles. The number of aromatic amines is 1. The Morgan fingerprint density at radius 3 is 2.94 bits per heavy atom. The summed E-state index contributed by atoms with van der Waals surface area (Å²) in [6, 6.07) is 4.83. The number of thioether (sulfide) groups is 1. The van der Waals surface area contributed by atoms with Crippen molar-refractivity contribution in [1.29, 1.82) is 0 Å². The van der Waals surface area contributed by atoms with Gasteiger partial charge in [0, 0.05) is 12.8 Å². The predicted molar refractivity (Wildman–Crippen MR) is 67.5 cm³/mol. The molecule has 1 N–H and O–H groups in total. The molecule has 0 aliphatic heterocycles. The molecule has 0 unspecified atom stereocenters. The average Bonchev–Trinajstić information content (AvgIpc) is 2.62. The third kappa shape index (κ3) is 2.78. The Bertz CT molecular complexity index is 595. The van der Waals surface area contributed by atoms with Gasteiger partial charge in [-0.1, -0.05) is 17.8 Å². The van der Waals surface area contributed by atoms with E-state index in [4.69, 9.17) is 0 Å². The highest BCUT2D eigenvalue weighted by molar-refractivity contribution is 9.10. The molecule has 0 bridgehead atoms. The molecule has 0 radical (unpaired) electrons. The number of nitrogens with one attached hydrogen (secondary N) is 1. The predicted octanol–water partition coefficient (Wildman–Crippen LogP) is 2.30. The molecule has 0 fully saturated rings. The summed E-state index contributed by atoms with van der Waals surface area (Å²) >= 11 is 4.54. The van der Waals surface area contributed by atoms with Gasteiger partial charge in [0.15, 0.2) is 5.16 Å². The zero-order chi connectivity index (χ0) is 12.4. The van der Waals surface area contributed by atoms with Gasteiger partial charge in [0.1, 0.15) is 5.82 Å². The van der Waals surface area contributed by atoms with Gasteiger partial charge < -0.3 is 0 Å². The van der Waals surface area contributed by atoms with Gasteiger partial charge in [0.2, 0.25) is 0 Å². The fraction of sp³-hybridized carbons (Fsp3) is 0.200. The Balaban J connectivity index is 2.10. The third-order valence-corrected chi connectivity index (χ3v) is 3.90. The lowest BCUT2D eigenvalue weighted by molar-refractivity contribution is 0.620. The Morgan fingerprint density at radius 1 is 1.59 bits per heavy atom. The molecular formula is C10H9BrFN3OS.